The monoisotopic (exact) mass is 392 g/mol. The van der Waals surface area contributed by atoms with Gasteiger partial charge in [-0.1, -0.05) is 48.7 Å². The van der Waals surface area contributed by atoms with Crippen LogP contribution in [0.15, 0.2) is 48.1 Å². The highest BCUT2D eigenvalue weighted by Gasteiger charge is 2.13. The van der Waals surface area contributed by atoms with Crippen LogP contribution in [0.5, 0.6) is 0 Å². The predicted molar refractivity (Wildman–Crippen MR) is 109 cm³/mol. The van der Waals surface area contributed by atoms with Crippen LogP contribution in [0.25, 0.3) is 5.70 Å². The van der Waals surface area contributed by atoms with Gasteiger partial charge in [0.05, 0.1) is 10.0 Å². The number of benzene rings is 1. The Hall–Kier alpha value is -1.16. The fraction of sp³-hybridized carbons (Fsp3) is 0.350. The molecule has 1 aliphatic rings. The average molecular weight is 393 g/mol. The molecule has 5 heteroatoms. The van der Waals surface area contributed by atoms with Gasteiger partial charge in [-0.25, -0.2) is 0 Å². The molecule has 2 heterocycles. The van der Waals surface area contributed by atoms with Crippen molar-refractivity contribution in [1.29, 1.82) is 0 Å². The lowest BCUT2D eigenvalue weighted by Crippen LogP contribution is -2.22. The van der Waals surface area contributed by atoms with Crippen molar-refractivity contribution in [2.75, 3.05) is 13.1 Å². The number of thioether (sulfide) groups is 1. The number of halogens is 2. The number of aromatic nitrogens is 1. The molecule has 1 saturated heterocycles. The van der Waals surface area contributed by atoms with Gasteiger partial charge >= 0.3 is 0 Å². The Morgan fingerprint density at radius 3 is 2.44 bits per heavy atom. The van der Waals surface area contributed by atoms with Crippen LogP contribution in [0.4, 0.5) is 0 Å². The van der Waals surface area contributed by atoms with Crippen molar-refractivity contribution in [3.63, 3.8) is 0 Å². The standard InChI is InChI=1S/C20H22Cl2N2S/c1-15(24-9-4-2-3-5-10-24)17-11-16(12-23-13-17)14-25-20-18(21)7-6-8-19(20)22/h6-8,11-13H,1-5,9-10,14H2. The summed E-state index contributed by atoms with van der Waals surface area (Å²) in [5.74, 6) is 0.775. The third-order valence-corrected chi connectivity index (χ3v) is 6.48. The van der Waals surface area contributed by atoms with E-state index >= 15 is 0 Å². The maximum Gasteiger partial charge on any atom is 0.0557 e. The van der Waals surface area contributed by atoms with Crippen molar-refractivity contribution in [1.82, 2.24) is 9.88 Å². The maximum absolute atomic E-state index is 6.25. The molecule has 0 amide bonds. The Kier molecular flexibility index (Phi) is 6.69. The lowest BCUT2D eigenvalue weighted by atomic mass is 10.1. The van der Waals surface area contributed by atoms with E-state index in [9.17, 15) is 0 Å². The van der Waals surface area contributed by atoms with Crippen molar-refractivity contribution in [2.45, 2.75) is 36.3 Å². The van der Waals surface area contributed by atoms with Crippen LogP contribution >= 0.6 is 35.0 Å². The summed E-state index contributed by atoms with van der Waals surface area (Å²) in [6.07, 6.45) is 8.93. The van der Waals surface area contributed by atoms with Crippen LogP contribution in [0.1, 0.15) is 36.8 Å². The molecule has 1 fully saturated rings. The first kappa shape index (κ1) is 18.6. The number of rotatable bonds is 5. The Labute approximate surface area is 164 Å². The molecule has 0 saturated carbocycles. The first-order valence-electron chi connectivity index (χ1n) is 8.60. The number of hydrogen-bond donors (Lipinski definition) is 0. The Morgan fingerprint density at radius 2 is 1.76 bits per heavy atom. The van der Waals surface area contributed by atoms with Gasteiger partial charge in [0.2, 0.25) is 0 Å². The SMILES string of the molecule is C=C(c1cncc(CSc2c(Cl)cccc2Cl)c1)N1CCCCCC1. The van der Waals surface area contributed by atoms with E-state index in [-0.39, 0.29) is 0 Å². The summed E-state index contributed by atoms with van der Waals surface area (Å²) in [7, 11) is 0. The highest BCUT2D eigenvalue weighted by atomic mass is 35.5. The van der Waals surface area contributed by atoms with E-state index in [1.165, 1.54) is 25.7 Å². The zero-order chi connectivity index (χ0) is 17.6. The fourth-order valence-electron chi connectivity index (χ4n) is 3.02. The van der Waals surface area contributed by atoms with Crippen LogP contribution in [0.3, 0.4) is 0 Å². The van der Waals surface area contributed by atoms with Gasteiger partial charge in [0.15, 0.2) is 0 Å². The molecule has 1 aromatic carbocycles. The smallest absolute Gasteiger partial charge is 0.0557 e. The highest BCUT2D eigenvalue weighted by molar-refractivity contribution is 7.98. The van der Waals surface area contributed by atoms with Gasteiger partial charge in [0.25, 0.3) is 0 Å². The molecule has 2 aromatic rings. The number of nitrogens with zero attached hydrogens (tertiary/aromatic N) is 2. The molecule has 3 rings (SSSR count). The number of hydrogen-bond acceptors (Lipinski definition) is 3. The van der Waals surface area contributed by atoms with Gasteiger partial charge in [0, 0.05) is 47.4 Å². The Bertz CT molecular complexity index is 720. The molecule has 25 heavy (non-hydrogen) atoms. The predicted octanol–water partition coefficient (Wildman–Crippen LogP) is 6.53. The van der Waals surface area contributed by atoms with Crippen LogP contribution < -0.4 is 0 Å². The summed E-state index contributed by atoms with van der Waals surface area (Å²) in [5.41, 5.74) is 3.33. The second-order valence-electron chi connectivity index (χ2n) is 6.27. The highest BCUT2D eigenvalue weighted by Crippen LogP contribution is 2.35. The van der Waals surface area contributed by atoms with E-state index in [2.05, 4.69) is 22.5 Å². The molecule has 1 aliphatic heterocycles. The van der Waals surface area contributed by atoms with Gasteiger partial charge in [0.1, 0.15) is 0 Å². The minimum Gasteiger partial charge on any atom is -0.371 e. The van der Waals surface area contributed by atoms with E-state index in [4.69, 9.17) is 23.2 Å². The van der Waals surface area contributed by atoms with Gasteiger partial charge < -0.3 is 4.90 Å². The fourth-order valence-corrected chi connectivity index (χ4v) is 4.63. The van der Waals surface area contributed by atoms with E-state index in [0.717, 1.165) is 40.6 Å². The van der Waals surface area contributed by atoms with Crippen molar-refractivity contribution < 1.29 is 0 Å². The lowest BCUT2D eigenvalue weighted by molar-refractivity contribution is 0.414. The minimum absolute atomic E-state index is 0.690. The largest absolute Gasteiger partial charge is 0.371 e. The average Bonchev–Trinajstić information content (AvgIpc) is 2.90. The molecule has 132 valence electrons. The van der Waals surface area contributed by atoms with Crippen molar-refractivity contribution in [3.05, 3.63) is 64.4 Å². The normalized spacial score (nSPS) is 15.0. The van der Waals surface area contributed by atoms with E-state index in [1.54, 1.807) is 11.8 Å². The summed E-state index contributed by atoms with van der Waals surface area (Å²) in [6.45, 7) is 6.50. The second kappa shape index (κ2) is 8.98. The third-order valence-electron chi connectivity index (χ3n) is 4.42. The zero-order valence-corrected chi connectivity index (χ0v) is 16.5. The lowest BCUT2D eigenvalue weighted by Gasteiger charge is -2.25. The van der Waals surface area contributed by atoms with Gasteiger partial charge in [-0.2, -0.15) is 0 Å². The topological polar surface area (TPSA) is 16.1 Å². The van der Waals surface area contributed by atoms with Gasteiger partial charge in [-0.05, 0) is 36.6 Å². The summed E-state index contributed by atoms with van der Waals surface area (Å²) >= 11 is 14.1. The number of pyridine rings is 1. The first-order valence-corrected chi connectivity index (χ1v) is 10.3. The van der Waals surface area contributed by atoms with E-state index in [0.29, 0.717) is 10.0 Å². The number of likely N-dealkylation sites (tertiary alicyclic amines) is 1. The first-order chi connectivity index (χ1) is 12.1. The molecular weight excluding hydrogens is 371 g/mol. The molecule has 0 unspecified atom stereocenters. The summed E-state index contributed by atoms with van der Waals surface area (Å²) in [6, 6.07) is 7.78. The van der Waals surface area contributed by atoms with Crippen LogP contribution in [-0.4, -0.2) is 23.0 Å². The molecule has 0 spiro atoms. The third kappa shape index (κ3) is 4.93. The van der Waals surface area contributed by atoms with Crippen molar-refractivity contribution >= 4 is 40.7 Å². The molecule has 0 radical (unpaired) electrons. The summed E-state index contributed by atoms with van der Waals surface area (Å²) < 4.78 is 0. The van der Waals surface area contributed by atoms with Crippen molar-refractivity contribution in [2.24, 2.45) is 0 Å². The van der Waals surface area contributed by atoms with Crippen LogP contribution in [0, 0.1) is 0 Å². The molecule has 0 bridgehead atoms. The Morgan fingerprint density at radius 1 is 1.08 bits per heavy atom. The molecule has 0 N–H and O–H groups in total. The van der Waals surface area contributed by atoms with Gasteiger partial charge in [-0.15, -0.1) is 11.8 Å². The van der Waals surface area contributed by atoms with Crippen molar-refractivity contribution in [3.8, 4) is 0 Å². The van der Waals surface area contributed by atoms with Crippen LogP contribution in [-0.2, 0) is 5.75 Å². The molecule has 0 aliphatic carbocycles. The van der Waals surface area contributed by atoms with Gasteiger partial charge in [-0.3, -0.25) is 4.98 Å². The Balaban J connectivity index is 1.70. The van der Waals surface area contributed by atoms with Crippen LogP contribution in [0.2, 0.25) is 10.0 Å². The molecular formula is C20H22Cl2N2S. The molecule has 1 aromatic heterocycles. The molecule has 0 atom stereocenters. The maximum atomic E-state index is 6.25. The second-order valence-corrected chi connectivity index (χ2v) is 8.07. The van der Waals surface area contributed by atoms with E-state index < -0.39 is 0 Å². The molecule has 2 nitrogen and oxygen atoms in total. The zero-order valence-electron chi connectivity index (χ0n) is 14.2. The minimum atomic E-state index is 0.690. The quantitative estimate of drug-likeness (QED) is 0.538. The summed E-state index contributed by atoms with van der Waals surface area (Å²) in [4.78, 5) is 7.73. The van der Waals surface area contributed by atoms with E-state index in [1.807, 2.05) is 30.6 Å². The summed E-state index contributed by atoms with van der Waals surface area (Å²) in [5, 5.41) is 1.38.